The highest BCUT2D eigenvalue weighted by Crippen LogP contribution is 2.10. The summed E-state index contributed by atoms with van der Waals surface area (Å²) in [6.45, 7) is 0.378. The fraction of sp³-hybridized carbons (Fsp3) is 0.500. The SMILES string of the molecule is OC(O)(O)N1C=CC1. The molecule has 0 aromatic rings. The molecule has 1 rings (SSSR count). The van der Waals surface area contributed by atoms with Crippen LogP contribution in [0.1, 0.15) is 0 Å². The molecule has 0 atom stereocenters. The highest BCUT2D eigenvalue weighted by molar-refractivity contribution is 4.97. The van der Waals surface area contributed by atoms with E-state index in [1.54, 1.807) is 6.08 Å². The van der Waals surface area contributed by atoms with Crippen LogP contribution >= 0.6 is 0 Å². The molecule has 0 spiro atoms. The maximum atomic E-state index is 8.32. The Morgan fingerprint density at radius 1 is 1.38 bits per heavy atom. The third-order valence-electron chi connectivity index (χ3n) is 0.973. The van der Waals surface area contributed by atoms with Crippen LogP contribution in [-0.2, 0) is 0 Å². The lowest BCUT2D eigenvalue weighted by atomic mass is 10.4. The normalized spacial score (nSPS) is 18.6. The Kier molecular flexibility index (Phi) is 1.00. The fourth-order valence-electron chi connectivity index (χ4n) is 0.433. The molecule has 0 saturated carbocycles. The first kappa shape index (κ1) is 5.55. The second-order valence-corrected chi connectivity index (χ2v) is 1.64. The smallest absolute Gasteiger partial charge is 0.325 e. The topological polar surface area (TPSA) is 63.9 Å². The Morgan fingerprint density at radius 3 is 1.88 bits per heavy atom. The average Bonchev–Trinajstić information content (AvgIpc) is 1.16. The first-order chi connectivity index (χ1) is 3.61. The van der Waals surface area contributed by atoms with Crippen LogP contribution in [0.5, 0.6) is 0 Å². The molecule has 46 valence electrons. The Morgan fingerprint density at radius 2 is 1.88 bits per heavy atom. The van der Waals surface area contributed by atoms with Crippen molar-refractivity contribution in [1.29, 1.82) is 0 Å². The summed E-state index contributed by atoms with van der Waals surface area (Å²) in [5, 5.41) is 25.0. The second-order valence-electron chi connectivity index (χ2n) is 1.64. The quantitative estimate of drug-likeness (QED) is 0.362. The van der Waals surface area contributed by atoms with Crippen LogP contribution in [0.25, 0.3) is 0 Å². The summed E-state index contributed by atoms with van der Waals surface area (Å²) in [6.07, 6.45) is 0.423. The summed E-state index contributed by atoms with van der Waals surface area (Å²) < 4.78 is 0. The zero-order valence-corrected chi connectivity index (χ0v) is 4.15. The van der Waals surface area contributed by atoms with E-state index in [-0.39, 0.29) is 0 Å². The number of rotatable bonds is 1. The summed E-state index contributed by atoms with van der Waals surface area (Å²) in [5.74, 6) is 0. The molecule has 1 aliphatic rings. The van der Waals surface area contributed by atoms with Crippen molar-refractivity contribution >= 4 is 0 Å². The lowest BCUT2D eigenvalue weighted by Crippen LogP contribution is -2.48. The van der Waals surface area contributed by atoms with Gasteiger partial charge < -0.3 is 15.3 Å². The largest absolute Gasteiger partial charge is 0.369 e. The molecule has 0 unspecified atom stereocenters. The summed E-state index contributed by atoms with van der Waals surface area (Å²) in [7, 11) is 0. The van der Waals surface area contributed by atoms with E-state index in [0.717, 1.165) is 4.90 Å². The van der Waals surface area contributed by atoms with Crippen LogP contribution in [0, 0.1) is 0 Å². The van der Waals surface area contributed by atoms with Gasteiger partial charge in [0.05, 0.1) is 0 Å². The number of hydrogen-bond acceptors (Lipinski definition) is 4. The number of aliphatic hydroxyl groups is 3. The minimum absolute atomic E-state index is 0.378. The van der Waals surface area contributed by atoms with Crippen LogP contribution in [-0.4, -0.2) is 32.9 Å². The third kappa shape index (κ3) is 0.812. The van der Waals surface area contributed by atoms with Gasteiger partial charge >= 0.3 is 6.10 Å². The highest BCUT2D eigenvalue weighted by atomic mass is 16.7. The van der Waals surface area contributed by atoms with Gasteiger partial charge in [0, 0.05) is 12.7 Å². The van der Waals surface area contributed by atoms with Gasteiger partial charge in [0.25, 0.3) is 0 Å². The molecule has 0 radical (unpaired) electrons. The summed E-state index contributed by atoms with van der Waals surface area (Å²) in [4.78, 5) is 0.979. The molecule has 0 fully saturated rings. The lowest BCUT2D eigenvalue weighted by Gasteiger charge is -2.32. The minimum atomic E-state index is -2.66. The average molecular weight is 117 g/mol. The van der Waals surface area contributed by atoms with Crippen LogP contribution in [0.4, 0.5) is 0 Å². The predicted octanol–water partition coefficient (Wildman–Crippen LogP) is -1.60. The van der Waals surface area contributed by atoms with E-state index in [4.69, 9.17) is 15.3 Å². The second kappa shape index (κ2) is 1.45. The fourth-order valence-corrected chi connectivity index (χ4v) is 0.433. The molecule has 0 amide bonds. The van der Waals surface area contributed by atoms with Gasteiger partial charge in [-0.1, -0.05) is 0 Å². The van der Waals surface area contributed by atoms with Gasteiger partial charge in [-0.25, -0.2) is 0 Å². The zero-order valence-electron chi connectivity index (χ0n) is 4.15. The van der Waals surface area contributed by atoms with Gasteiger partial charge in [0.15, 0.2) is 0 Å². The van der Waals surface area contributed by atoms with Crippen molar-refractivity contribution in [3.05, 3.63) is 12.3 Å². The molecule has 0 saturated heterocycles. The van der Waals surface area contributed by atoms with Gasteiger partial charge in [-0.05, 0) is 6.08 Å². The van der Waals surface area contributed by atoms with Gasteiger partial charge in [-0.3, -0.25) is 4.90 Å². The highest BCUT2D eigenvalue weighted by Gasteiger charge is 2.28. The Labute approximate surface area is 46.3 Å². The number of hydrogen-bond donors (Lipinski definition) is 3. The first-order valence-electron chi connectivity index (χ1n) is 2.21. The van der Waals surface area contributed by atoms with Gasteiger partial charge in [0.1, 0.15) is 0 Å². The maximum absolute atomic E-state index is 8.32. The lowest BCUT2D eigenvalue weighted by molar-refractivity contribution is -0.383. The van der Waals surface area contributed by atoms with Crippen molar-refractivity contribution in [2.75, 3.05) is 6.54 Å². The van der Waals surface area contributed by atoms with Gasteiger partial charge in [-0.2, -0.15) is 0 Å². The van der Waals surface area contributed by atoms with Gasteiger partial charge in [0.2, 0.25) is 0 Å². The summed E-state index contributed by atoms with van der Waals surface area (Å²) in [6, 6.07) is 0. The van der Waals surface area contributed by atoms with Crippen molar-refractivity contribution in [1.82, 2.24) is 4.90 Å². The van der Waals surface area contributed by atoms with Crippen molar-refractivity contribution < 1.29 is 15.3 Å². The zero-order chi connectivity index (χ0) is 6.20. The molecular formula is C4H7NO3. The molecule has 0 aliphatic carbocycles. The molecule has 8 heavy (non-hydrogen) atoms. The van der Waals surface area contributed by atoms with Crippen LogP contribution in [0.2, 0.25) is 0 Å². The number of nitrogens with zero attached hydrogens (tertiary/aromatic N) is 1. The van der Waals surface area contributed by atoms with E-state index in [1.807, 2.05) is 0 Å². The Bertz CT molecular complexity index is 115. The molecular weight excluding hydrogens is 110 g/mol. The third-order valence-corrected chi connectivity index (χ3v) is 0.973. The summed E-state index contributed by atoms with van der Waals surface area (Å²) in [5.41, 5.74) is 0. The molecule has 1 aliphatic heterocycles. The van der Waals surface area contributed by atoms with E-state index in [1.165, 1.54) is 6.20 Å². The molecule has 4 nitrogen and oxygen atoms in total. The molecule has 0 aromatic heterocycles. The summed E-state index contributed by atoms with van der Waals surface area (Å²) >= 11 is 0. The van der Waals surface area contributed by atoms with E-state index in [2.05, 4.69) is 0 Å². The van der Waals surface area contributed by atoms with Crippen molar-refractivity contribution in [2.24, 2.45) is 0 Å². The standard InChI is InChI=1S/C4H7NO3/c6-4(7,8)5-2-1-3-5/h1-2,6-8H,3H2. The van der Waals surface area contributed by atoms with Crippen LogP contribution in [0.3, 0.4) is 0 Å². The van der Waals surface area contributed by atoms with Crippen molar-refractivity contribution in [3.8, 4) is 0 Å². The Balaban J connectivity index is 2.48. The molecule has 4 heteroatoms. The predicted molar refractivity (Wildman–Crippen MR) is 25.2 cm³/mol. The van der Waals surface area contributed by atoms with Crippen LogP contribution in [0.15, 0.2) is 12.3 Å². The van der Waals surface area contributed by atoms with Crippen LogP contribution < -0.4 is 0 Å². The minimum Gasteiger partial charge on any atom is -0.325 e. The molecule has 1 heterocycles. The maximum Gasteiger partial charge on any atom is 0.369 e. The van der Waals surface area contributed by atoms with E-state index in [9.17, 15) is 0 Å². The van der Waals surface area contributed by atoms with Gasteiger partial charge in [-0.15, -0.1) is 0 Å². The van der Waals surface area contributed by atoms with E-state index >= 15 is 0 Å². The first-order valence-corrected chi connectivity index (χ1v) is 2.21. The van der Waals surface area contributed by atoms with E-state index in [0.29, 0.717) is 6.54 Å². The van der Waals surface area contributed by atoms with E-state index < -0.39 is 6.10 Å². The molecule has 3 N–H and O–H groups in total. The molecule has 0 bridgehead atoms. The van der Waals surface area contributed by atoms with Crippen molar-refractivity contribution in [2.45, 2.75) is 6.10 Å². The van der Waals surface area contributed by atoms with Crippen molar-refractivity contribution in [3.63, 3.8) is 0 Å². The monoisotopic (exact) mass is 117 g/mol. The Hall–Kier alpha value is -0.580. The molecule has 0 aromatic carbocycles.